The molecule has 0 aliphatic carbocycles. The van der Waals surface area contributed by atoms with Crippen molar-refractivity contribution in [3.8, 4) is 11.4 Å². The number of rotatable bonds is 5. The van der Waals surface area contributed by atoms with Crippen molar-refractivity contribution in [2.75, 3.05) is 17.7 Å². The molecule has 0 spiro atoms. The van der Waals surface area contributed by atoms with E-state index >= 15 is 0 Å². The van der Waals surface area contributed by atoms with Gasteiger partial charge in [-0.15, -0.1) is 0 Å². The summed E-state index contributed by atoms with van der Waals surface area (Å²) in [6, 6.07) is 13.1. The largest absolute Gasteiger partial charge is 0.382 e. The highest BCUT2D eigenvalue weighted by Gasteiger charge is 2.21. The fourth-order valence-electron chi connectivity index (χ4n) is 3.40. The second-order valence-corrected chi connectivity index (χ2v) is 6.92. The Labute approximate surface area is 182 Å². The van der Waals surface area contributed by atoms with Crippen molar-refractivity contribution in [3.05, 3.63) is 83.6 Å². The minimum Gasteiger partial charge on any atom is -0.382 e. The monoisotopic (exact) mass is 429 g/mol. The van der Waals surface area contributed by atoms with Gasteiger partial charge in [0.1, 0.15) is 11.8 Å². The molecular weight excluding hydrogens is 410 g/mol. The summed E-state index contributed by atoms with van der Waals surface area (Å²) >= 11 is 0. The number of nitrogens with two attached hydrogens (primary N) is 2. The molecule has 4 rings (SSSR count). The summed E-state index contributed by atoms with van der Waals surface area (Å²) in [5.74, 6) is -0.762. The van der Waals surface area contributed by atoms with E-state index in [2.05, 4.69) is 16.5 Å². The molecule has 2 aromatic carbocycles. The molecule has 0 radical (unpaired) electrons. The van der Waals surface area contributed by atoms with Crippen LogP contribution in [0, 0.1) is 0 Å². The zero-order valence-corrected chi connectivity index (χ0v) is 17.1. The van der Waals surface area contributed by atoms with Crippen LogP contribution >= 0.6 is 0 Å². The van der Waals surface area contributed by atoms with Gasteiger partial charge in [-0.25, -0.2) is 19.3 Å². The predicted molar refractivity (Wildman–Crippen MR) is 121 cm³/mol. The second-order valence-electron chi connectivity index (χ2n) is 6.92. The van der Waals surface area contributed by atoms with E-state index in [1.54, 1.807) is 43.4 Å². The number of fused-ring (bicyclic) bond motifs is 1. The van der Waals surface area contributed by atoms with Crippen LogP contribution in [0.5, 0.6) is 0 Å². The lowest BCUT2D eigenvalue weighted by Crippen LogP contribution is -2.25. The molecule has 0 fully saturated rings. The Hall–Kier alpha value is -4.73. The molecule has 10 nitrogen and oxygen atoms in total. The summed E-state index contributed by atoms with van der Waals surface area (Å²) < 4.78 is 2.74. The van der Waals surface area contributed by atoms with Gasteiger partial charge in [0, 0.05) is 18.3 Å². The molecule has 4 N–H and O–H groups in total. The topological polar surface area (TPSA) is 142 Å². The van der Waals surface area contributed by atoms with E-state index in [0.29, 0.717) is 28.1 Å². The van der Waals surface area contributed by atoms with E-state index in [4.69, 9.17) is 11.5 Å². The van der Waals surface area contributed by atoms with Gasteiger partial charge in [0.05, 0.1) is 11.4 Å². The molecule has 10 heteroatoms. The summed E-state index contributed by atoms with van der Waals surface area (Å²) in [5.41, 5.74) is 13.4. The van der Waals surface area contributed by atoms with Crippen molar-refractivity contribution < 1.29 is 9.59 Å². The molecule has 0 aliphatic heterocycles. The highest BCUT2D eigenvalue weighted by molar-refractivity contribution is 6.00. The molecular formula is C22H19N7O3. The number of likely N-dealkylation sites (N-methyl/N-ethyl adjacent to an activating group) is 1. The van der Waals surface area contributed by atoms with Crippen LogP contribution < -0.4 is 22.1 Å². The maximum atomic E-state index is 13.5. The molecule has 160 valence electrons. The number of nitrogen functional groups attached to an aromatic ring is 1. The molecule has 2 aromatic heterocycles. The van der Waals surface area contributed by atoms with Gasteiger partial charge in [0.2, 0.25) is 11.8 Å². The van der Waals surface area contributed by atoms with E-state index in [-0.39, 0.29) is 17.4 Å². The SMILES string of the molecule is C=CC(=O)N(C)c1cccc(-n2c(=O)n(-c3ccc(C(N)=O)cc3)c3c(N)ncnc32)c1. The lowest BCUT2D eigenvalue weighted by atomic mass is 10.2. The Kier molecular flexibility index (Phi) is 5.03. The molecule has 2 amide bonds. The maximum absolute atomic E-state index is 13.5. The van der Waals surface area contributed by atoms with Crippen LogP contribution in [0.1, 0.15) is 10.4 Å². The van der Waals surface area contributed by atoms with Gasteiger partial charge in [0.25, 0.3) is 0 Å². The van der Waals surface area contributed by atoms with E-state index in [9.17, 15) is 14.4 Å². The smallest absolute Gasteiger partial charge is 0.339 e. The average Bonchev–Trinajstić information content (AvgIpc) is 3.11. The van der Waals surface area contributed by atoms with Crippen molar-refractivity contribution in [1.82, 2.24) is 19.1 Å². The standard InChI is InChI=1S/C22H19N7O3/c1-3-17(30)27(2)15-5-4-6-16(11-15)29-21-18(19(23)25-12-26-21)28(22(29)32)14-9-7-13(8-10-14)20(24)31/h3-12H,1H2,2H3,(H2,24,31)(H2,23,25,26). The first kappa shape index (κ1) is 20.5. The molecule has 0 saturated carbocycles. The first-order valence-corrected chi connectivity index (χ1v) is 9.48. The maximum Gasteiger partial charge on any atom is 0.339 e. The highest BCUT2D eigenvalue weighted by Crippen LogP contribution is 2.25. The summed E-state index contributed by atoms with van der Waals surface area (Å²) in [4.78, 5) is 46.7. The Morgan fingerprint density at radius 3 is 2.44 bits per heavy atom. The van der Waals surface area contributed by atoms with Crippen molar-refractivity contribution in [3.63, 3.8) is 0 Å². The number of aromatic nitrogens is 4. The average molecular weight is 429 g/mol. The molecule has 0 bridgehead atoms. The van der Waals surface area contributed by atoms with Crippen molar-refractivity contribution in [2.24, 2.45) is 5.73 Å². The van der Waals surface area contributed by atoms with Crippen LogP contribution in [0.4, 0.5) is 11.5 Å². The van der Waals surface area contributed by atoms with Crippen LogP contribution in [0.2, 0.25) is 0 Å². The lowest BCUT2D eigenvalue weighted by Gasteiger charge is -2.16. The van der Waals surface area contributed by atoms with Crippen LogP contribution in [0.3, 0.4) is 0 Å². The Morgan fingerprint density at radius 2 is 1.78 bits per heavy atom. The molecule has 4 aromatic rings. The number of hydrogen-bond donors (Lipinski definition) is 2. The number of carbonyl (C=O) groups is 2. The Balaban J connectivity index is 1.97. The third-order valence-electron chi connectivity index (χ3n) is 5.04. The second kappa shape index (κ2) is 7.84. The first-order valence-electron chi connectivity index (χ1n) is 9.48. The highest BCUT2D eigenvalue weighted by atomic mass is 16.2. The lowest BCUT2D eigenvalue weighted by molar-refractivity contribution is -0.113. The van der Waals surface area contributed by atoms with Crippen molar-refractivity contribution in [1.29, 1.82) is 0 Å². The van der Waals surface area contributed by atoms with Crippen molar-refractivity contribution >= 4 is 34.5 Å². The van der Waals surface area contributed by atoms with Gasteiger partial charge in [-0.1, -0.05) is 12.6 Å². The van der Waals surface area contributed by atoms with Gasteiger partial charge < -0.3 is 16.4 Å². The molecule has 0 saturated heterocycles. The zero-order valence-electron chi connectivity index (χ0n) is 17.1. The van der Waals surface area contributed by atoms with Crippen LogP contribution in [0.15, 0.2) is 72.3 Å². The van der Waals surface area contributed by atoms with E-state index in [0.717, 1.165) is 0 Å². The van der Waals surface area contributed by atoms with Gasteiger partial charge in [-0.3, -0.25) is 14.2 Å². The fourth-order valence-corrected chi connectivity index (χ4v) is 3.40. The van der Waals surface area contributed by atoms with Crippen molar-refractivity contribution in [2.45, 2.75) is 0 Å². The summed E-state index contributed by atoms with van der Waals surface area (Å²) in [6.45, 7) is 3.50. The molecule has 32 heavy (non-hydrogen) atoms. The minimum absolute atomic E-state index is 0.111. The molecule has 0 unspecified atom stereocenters. The summed E-state index contributed by atoms with van der Waals surface area (Å²) in [5, 5.41) is 0. The van der Waals surface area contributed by atoms with Gasteiger partial charge >= 0.3 is 5.69 Å². The first-order chi connectivity index (χ1) is 15.3. The number of hydrogen-bond acceptors (Lipinski definition) is 6. The molecule has 2 heterocycles. The predicted octanol–water partition coefficient (Wildman–Crippen LogP) is 1.40. The number of primary amides is 1. The molecule has 0 atom stereocenters. The zero-order chi connectivity index (χ0) is 23.0. The molecule has 0 aliphatic rings. The number of amides is 2. The van der Waals surface area contributed by atoms with Crippen LogP contribution in [-0.2, 0) is 4.79 Å². The normalized spacial score (nSPS) is 10.8. The minimum atomic E-state index is -0.579. The fraction of sp³-hybridized carbons (Fsp3) is 0.0455. The van der Waals surface area contributed by atoms with E-state index in [1.807, 2.05) is 0 Å². The number of imidazole rings is 1. The Morgan fingerprint density at radius 1 is 1.06 bits per heavy atom. The van der Waals surface area contributed by atoms with E-state index in [1.165, 1.54) is 38.6 Å². The number of anilines is 2. The number of benzene rings is 2. The van der Waals surface area contributed by atoms with Crippen LogP contribution in [-0.4, -0.2) is 38.0 Å². The third kappa shape index (κ3) is 3.29. The Bertz CT molecular complexity index is 1430. The van der Waals surface area contributed by atoms with Gasteiger partial charge in [0.15, 0.2) is 11.5 Å². The number of carbonyl (C=O) groups excluding carboxylic acids is 2. The number of nitrogens with zero attached hydrogens (tertiary/aromatic N) is 5. The summed E-state index contributed by atoms with van der Waals surface area (Å²) in [6.07, 6.45) is 2.47. The third-order valence-corrected chi connectivity index (χ3v) is 5.04. The van der Waals surface area contributed by atoms with Crippen LogP contribution in [0.25, 0.3) is 22.5 Å². The van der Waals surface area contributed by atoms with Gasteiger partial charge in [-0.05, 0) is 48.5 Å². The van der Waals surface area contributed by atoms with E-state index < -0.39 is 11.6 Å². The van der Waals surface area contributed by atoms with Gasteiger partial charge in [-0.2, -0.15) is 0 Å². The summed E-state index contributed by atoms with van der Waals surface area (Å²) in [7, 11) is 1.61. The quantitative estimate of drug-likeness (QED) is 0.459.